The highest BCUT2D eigenvalue weighted by Gasteiger charge is 2.28. The molecule has 1 atom stereocenters. The van der Waals surface area contributed by atoms with Crippen LogP contribution in [0.3, 0.4) is 0 Å². The molecule has 0 spiro atoms. The molecular weight excluding hydrogens is 292 g/mol. The first kappa shape index (κ1) is 16.5. The van der Waals surface area contributed by atoms with E-state index in [4.69, 9.17) is 4.74 Å². The molecule has 1 N–H and O–H groups in total. The molecular formula is C17H28N4O2. The molecule has 128 valence electrons. The van der Waals surface area contributed by atoms with Crippen molar-refractivity contribution in [2.24, 2.45) is 7.05 Å². The van der Waals surface area contributed by atoms with E-state index in [0.29, 0.717) is 6.61 Å². The molecule has 3 rings (SSSR count). The molecule has 0 bridgehead atoms. The standard InChI is InChI=1S/C17H28N4O2/c1-3-7-21-8-4-14(5-9-21)18-17(22)15-11-20(2)19-16(15)13-6-10-23-12-13/h11,13-14H,3-10,12H2,1-2H3,(H,18,22). The minimum atomic E-state index is 0.0222. The third-order valence-corrected chi connectivity index (χ3v) is 4.88. The molecule has 1 aromatic heterocycles. The van der Waals surface area contributed by atoms with Gasteiger partial charge in [0, 0.05) is 44.9 Å². The highest BCUT2D eigenvalue weighted by Crippen LogP contribution is 2.26. The maximum absolute atomic E-state index is 12.7. The summed E-state index contributed by atoms with van der Waals surface area (Å²) in [5.41, 5.74) is 1.62. The molecule has 2 aliphatic rings. The molecule has 2 aliphatic heterocycles. The van der Waals surface area contributed by atoms with Crippen LogP contribution in [0.25, 0.3) is 0 Å². The highest BCUT2D eigenvalue weighted by molar-refractivity contribution is 5.95. The van der Waals surface area contributed by atoms with Gasteiger partial charge in [0.15, 0.2) is 0 Å². The van der Waals surface area contributed by atoms with E-state index in [-0.39, 0.29) is 17.9 Å². The Morgan fingerprint density at radius 3 is 2.83 bits per heavy atom. The van der Waals surface area contributed by atoms with Crippen molar-refractivity contribution in [3.8, 4) is 0 Å². The SMILES string of the molecule is CCCN1CCC(NC(=O)c2cn(C)nc2C2CCOC2)CC1. The first-order valence-corrected chi connectivity index (χ1v) is 8.82. The minimum Gasteiger partial charge on any atom is -0.381 e. The largest absolute Gasteiger partial charge is 0.381 e. The van der Waals surface area contributed by atoms with Gasteiger partial charge in [-0.2, -0.15) is 5.10 Å². The van der Waals surface area contributed by atoms with Crippen LogP contribution in [-0.2, 0) is 11.8 Å². The summed E-state index contributed by atoms with van der Waals surface area (Å²) < 4.78 is 7.20. The van der Waals surface area contributed by atoms with E-state index >= 15 is 0 Å². The quantitative estimate of drug-likeness (QED) is 0.894. The zero-order valence-corrected chi connectivity index (χ0v) is 14.3. The van der Waals surface area contributed by atoms with Crippen LogP contribution in [0.5, 0.6) is 0 Å². The predicted octanol–water partition coefficient (Wildman–Crippen LogP) is 1.53. The van der Waals surface area contributed by atoms with Gasteiger partial charge >= 0.3 is 0 Å². The monoisotopic (exact) mass is 320 g/mol. The molecule has 1 amide bonds. The molecule has 0 radical (unpaired) electrons. The minimum absolute atomic E-state index is 0.0222. The smallest absolute Gasteiger partial charge is 0.254 e. The van der Waals surface area contributed by atoms with Crippen molar-refractivity contribution in [2.75, 3.05) is 32.8 Å². The number of piperidine rings is 1. The number of aromatic nitrogens is 2. The zero-order valence-electron chi connectivity index (χ0n) is 14.3. The van der Waals surface area contributed by atoms with Gasteiger partial charge in [0.05, 0.1) is 17.9 Å². The van der Waals surface area contributed by atoms with Gasteiger partial charge in [0.25, 0.3) is 5.91 Å². The number of hydrogen-bond acceptors (Lipinski definition) is 4. The number of nitrogens with zero attached hydrogens (tertiary/aromatic N) is 3. The number of hydrogen-bond donors (Lipinski definition) is 1. The average Bonchev–Trinajstić information content (AvgIpc) is 3.18. The van der Waals surface area contributed by atoms with Gasteiger partial charge in [-0.3, -0.25) is 9.48 Å². The summed E-state index contributed by atoms with van der Waals surface area (Å²) in [6.07, 6.45) is 6.06. The Kier molecular flexibility index (Phi) is 5.33. The summed E-state index contributed by atoms with van der Waals surface area (Å²) in [6, 6.07) is 0.281. The van der Waals surface area contributed by atoms with Crippen molar-refractivity contribution < 1.29 is 9.53 Å². The summed E-state index contributed by atoms with van der Waals surface area (Å²) in [5, 5.41) is 7.73. The fourth-order valence-electron chi connectivity index (χ4n) is 3.61. The lowest BCUT2D eigenvalue weighted by Gasteiger charge is -2.32. The number of aryl methyl sites for hydroxylation is 1. The molecule has 6 heteroatoms. The second-order valence-electron chi connectivity index (χ2n) is 6.75. The number of nitrogens with one attached hydrogen (secondary N) is 1. The van der Waals surface area contributed by atoms with Gasteiger partial charge in [-0.1, -0.05) is 6.92 Å². The lowest BCUT2D eigenvalue weighted by Crippen LogP contribution is -2.44. The van der Waals surface area contributed by atoms with Crippen LogP contribution in [0, 0.1) is 0 Å². The van der Waals surface area contributed by atoms with E-state index in [9.17, 15) is 4.79 Å². The van der Waals surface area contributed by atoms with Gasteiger partial charge in [0.1, 0.15) is 0 Å². The number of rotatable bonds is 5. The Labute approximate surface area is 138 Å². The first-order chi connectivity index (χ1) is 11.2. The van der Waals surface area contributed by atoms with Crippen LogP contribution in [0.4, 0.5) is 0 Å². The molecule has 23 heavy (non-hydrogen) atoms. The van der Waals surface area contributed by atoms with Crippen LogP contribution in [-0.4, -0.2) is 59.5 Å². The Bertz CT molecular complexity index is 529. The average molecular weight is 320 g/mol. The normalized spacial score (nSPS) is 23.3. The van der Waals surface area contributed by atoms with E-state index in [1.54, 1.807) is 4.68 Å². The molecule has 0 saturated carbocycles. The van der Waals surface area contributed by atoms with E-state index in [0.717, 1.165) is 56.8 Å². The summed E-state index contributed by atoms with van der Waals surface area (Å²) in [5.74, 6) is 0.275. The summed E-state index contributed by atoms with van der Waals surface area (Å²) in [6.45, 7) is 6.97. The van der Waals surface area contributed by atoms with Crippen LogP contribution >= 0.6 is 0 Å². The highest BCUT2D eigenvalue weighted by atomic mass is 16.5. The maximum atomic E-state index is 12.7. The topological polar surface area (TPSA) is 59.4 Å². The number of carbonyl (C=O) groups is 1. The summed E-state index contributed by atoms with van der Waals surface area (Å²) >= 11 is 0. The molecule has 0 aliphatic carbocycles. The lowest BCUT2D eigenvalue weighted by atomic mass is 10.00. The predicted molar refractivity (Wildman–Crippen MR) is 88.6 cm³/mol. The van der Waals surface area contributed by atoms with Gasteiger partial charge < -0.3 is 15.0 Å². The molecule has 0 aromatic carbocycles. The summed E-state index contributed by atoms with van der Waals surface area (Å²) in [4.78, 5) is 15.2. The van der Waals surface area contributed by atoms with Crippen LogP contribution in [0.15, 0.2) is 6.20 Å². The number of likely N-dealkylation sites (tertiary alicyclic amines) is 1. The third kappa shape index (κ3) is 3.93. The van der Waals surface area contributed by atoms with E-state index in [1.807, 2.05) is 13.2 Å². The molecule has 2 saturated heterocycles. The van der Waals surface area contributed by atoms with E-state index in [2.05, 4.69) is 22.2 Å². The molecule has 1 aromatic rings. The molecule has 6 nitrogen and oxygen atoms in total. The zero-order chi connectivity index (χ0) is 16.2. The van der Waals surface area contributed by atoms with Gasteiger partial charge in [0.2, 0.25) is 0 Å². The van der Waals surface area contributed by atoms with Gasteiger partial charge in [-0.15, -0.1) is 0 Å². The molecule has 3 heterocycles. The van der Waals surface area contributed by atoms with Crippen molar-refractivity contribution in [3.05, 3.63) is 17.5 Å². The Morgan fingerprint density at radius 2 is 2.17 bits per heavy atom. The fraction of sp³-hybridized carbons (Fsp3) is 0.765. The van der Waals surface area contributed by atoms with Crippen LogP contribution in [0.1, 0.15) is 54.6 Å². The van der Waals surface area contributed by atoms with Crippen molar-refractivity contribution in [1.29, 1.82) is 0 Å². The van der Waals surface area contributed by atoms with E-state index in [1.165, 1.54) is 6.42 Å². The fourth-order valence-corrected chi connectivity index (χ4v) is 3.61. The van der Waals surface area contributed by atoms with Crippen molar-refractivity contribution in [2.45, 2.75) is 44.6 Å². The Hall–Kier alpha value is -1.40. The Morgan fingerprint density at radius 1 is 1.39 bits per heavy atom. The maximum Gasteiger partial charge on any atom is 0.254 e. The van der Waals surface area contributed by atoms with Crippen LogP contribution < -0.4 is 5.32 Å². The van der Waals surface area contributed by atoms with Crippen molar-refractivity contribution in [3.63, 3.8) is 0 Å². The summed E-state index contributed by atoms with van der Waals surface area (Å²) in [7, 11) is 1.87. The van der Waals surface area contributed by atoms with Gasteiger partial charge in [-0.05, 0) is 32.2 Å². The lowest BCUT2D eigenvalue weighted by molar-refractivity contribution is 0.0909. The van der Waals surface area contributed by atoms with Crippen molar-refractivity contribution in [1.82, 2.24) is 20.0 Å². The van der Waals surface area contributed by atoms with E-state index < -0.39 is 0 Å². The number of carbonyl (C=O) groups excluding carboxylic acids is 1. The van der Waals surface area contributed by atoms with Gasteiger partial charge in [-0.25, -0.2) is 0 Å². The molecule has 2 fully saturated rings. The molecule has 1 unspecified atom stereocenters. The first-order valence-electron chi connectivity index (χ1n) is 8.82. The number of ether oxygens (including phenoxy) is 1. The third-order valence-electron chi connectivity index (χ3n) is 4.88. The second kappa shape index (κ2) is 7.45. The number of amides is 1. The second-order valence-corrected chi connectivity index (χ2v) is 6.75. The Balaban J connectivity index is 1.60. The van der Waals surface area contributed by atoms with Crippen molar-refractivity contribution >= 4 is 5.91 Å². The van der Waals surface area contributed by atoms with Crippen LogP contribution in [0.2, 0.25) is 0 Å².